The van der Waals surface area contributed by atoms with Gasteiger partial charge in [-0.3, -0.25) is 33.7 Å². The molecule has 10 atom stereocenters. The van der Waals surface area contributed by atoms with Crippen molar-refractivity contribution in [3.05, 3.63) is 35.9 Å². The lowest BCUT2D eigenvalue weighted by molar-refractivity contribution is -0.148. The van der Waals surface area contributed by atoms with E-state index in [1.165, 1.54) is 14.2 Å². The van der Waals surface area contributed by atoms with Crippen molar-refractivity contribution in [2.24, 2.45) is 23.7 Å². The van der Waals surface area contributed by atoms with Crippen molar-refractivity contribution in [1.82, 2.24) is 30.7 Å². The Kier molecular flexibility index (Phi) is 22.9. The van der Waals surface area contributed by atoms with E-state index in [2.05, 4.69) is 16.0 Å². The standard InChI is InChI=1S/C47H78N6O11/c1-14-30(8)41(52(11)46(60)39(27(2)3)50-45(59)40(28(4)5)51(10)29(6)7)36(63-12)26-37(54)53-24-18-21-35(53)42(64-13)31(9)43(57)49-34(25-32-19-16-15-17-20-32)44(58)48-33(47(61)62)22-23-38(55)56/h15-17,19-20,27-31,33-36,39-42H,14,18,21-26H2,1-13H3,(H,48,58)(H,49,57)(H,50,59)(H,55,56)(H,61,62)/t30-,31+,33?,34-,35-,36+,39-,40-,41?,42+/m0/s1. The van der Waals surface area contributed by atoms with Crippen LogP contribution < -0.4 is 16.0 Å². The zero-order chi connectivity index (χ0) is 48.6. The molecule has 1 aliphatic rings. The quantitative estimate of drug-likeness (QED) is 0.0855. The lowest BCUT2D eigenvalue weighted by Gasteiger charge is -2.41. The molecule has 0 bridgehead atoms. The van der Waals surface area contributed by atoms with Crippen molar-refractivity contribution >= 4 is 41.5 Å². The normalized spacial score (nSPS) is 18.4. The third kappa shape index (κ3) is 15.5. The van der Waals surface area contributed by atoms with Crippen molar-refractivity contribution < 1.29 is 53.2 Å². The number of likely N-dealkylation sites (N-methyl/N-ethyl adjacent to an activating group) is 2. The van der Waals surface area contributed by atoms with Crippen molar-refractivity contribution in [1.29, 1.82) is 0 Å². The Hall–Kier alpha value is -4.61. The van der Waals surface area contributed by atoms with Gasteiger partial charge in [-0.05, 0) is 63.5 Å². The molecule has 2 rings (SSSR count). The number of rotatable bonds is 27. The van der Waals surface area contributed by atoms with Crippen LogP contribution in [0.2, 0.25) is 0 Å². The van der Waals surface area contributed by atoms with Crippen LogP contribution in [0.3, 0.4) is 0 Å². The van der Waals surface area contributed by atoms with Crippen LogP contribution in [0.1, 0.15) is 106 Å². The van der Waals surface area contributed by atoms with Gasteiger partial charge in [-0.15, -0.1) is 0 Å². The summed E-state index contributed by atoms with van der Waals surface area (Å²) < 4.78 is 12.0. The lowest BCUT2D eigenvalue weighted by Crippen LogP contribution is -2.60. The van der Waals surface area contributed by atoms with Gasteiger partial charge in [0, 0.05) is 46.7 Å². The maximum atomic E-state index is 14.4. The number of nitrogens with zero attached hydrogens (tertiary/aromatic N) is 3. The van der Waals surface area contributed by atoms with Crippen molar-refractivity contribution in [3.63, 3.8) is 0 Å². The molecular formula is C47H78N6O11. The molecule has 1 fully saturated rings. The summed E-state index contributed by atoms with van der Waals surface area (Å²) in [7, 11) is 6.57. The van der Waals surface area contributed by atoms with E-state index in [9.17, 15) is 38.7 Å². The molecule has 1 saturated heterocycles. The first-order valence-corrected chi connectivity index (χ1v) is 22.8. The second kappa shape index (κ2) is 26.4. The number of benzene rings is 1. The van der Waals surface area contributed by atoms with E-state index < -0.39 is 84.6 Å². The van der Waals surface area contributed by atoms with Crippen LogP contribution in [0, 0.1) is 23.7 Å². The van der Waals surface area contributed by atoms with Gasteiger partial charge in [-0.1, -0.05) is 85.2 Å². The van der Waals surface area contributed by atoms with E-state index in [0.717, 1.165) is 0 Å². The number of likely N-dealkylation sites (tertiary alicyclic amines) is 1. The predicted molar refractivity (Wildman–Crippen MR) is 243 cm³/mol. The molecule has 362 valence electrons. The molecule has 0 aliphatic carbocycles. The summed E-state index contributed by atoms with van der Waals surface area (Å²) in [6, 6.07) is 3.90. The van der Waals surface area contributed by atoms with Crippen LogP contribution in [0.4, 0.5) is 0 Å². The van der Waals surface area contributed by atoms with E-state index in [4.69, 9.17) is 14.6 Å². The molecule has 2 unspecified atom stereocenters. The highest BCUT2D eigenvalue weighted by molar-refractivity contribution is 5.92. The molecule has 17 heteroatoms. The van der Waals surface area contributed by atoms with Gasteiger partial charge in [-0.2, -0.15) is 0 Å². The monoisotopic (exact) mass is 903 g/mol. The SMILES string of the molecule is CC[C@H](C)C([C@@H](CC(=O)N1CCC[C@H]1[C@H](OC)[C@@H](C)C(=O)N[C@@H](Cc1ccccc1)C(=O)NC(CCC(=O)O)C(=O)O)OC)N(C)C(=O)[C@@H](NC(=O)[C@H](C(C)C)N(C)C(C)C)C(C)C. The first-order valence-electron chi connectivity index (χ1n) is 22.8. The Morgan fingerprint density at radius 2 is 1.42 bits per heavy atom. The largest absolute Gasteiger partial charge is 0.481 e. The number of carboxylic acid groups (broad SMARTS) is 2. The molecule has 5 N–H and O–H groups in total. The number of carboxylic acids is 2. The molecule has 0 aromatic heterocycles. The van der Waals surface area contributed by atoms with Crippen molar-refractivity contribution in [2.75, 3.05) is 34.9 Å². The zero-order valence-corrected chi connectivity index (χ0v) is 40.5. The van der Waals surface area contributed by atoms with Gasteiger partial charge in [0.1, 0.15) is 18.1 Å². The average molecular weight is 903 g/mol. The molecule has 1 aromatic rings. The van der Waals surface area contributed by atoms with Gasteiger partial charge in [0.05, 0.1) is 42.7 Å². The summed E-state index contributed by atoms with van der Waals surface area (Å²) in [6.07, 6.45) is -0.561. The van der Waals surface area contributed by atoms with E-state index in [0.29, 0.717) is 31.4 Å². The van der Waals surface area contributed by atoms with Gasteiger partial charge in [0.25, 0.3) is 0 Å². The molecule has 64 heavy (non-hydrogen) atoms. The van der Waals surface area contributed by atoms with Gasteiger partial charge >= 0.3 is 11.9 Å². The molecule has 5 amide bonds. The number of methoxy groups -OCH3 is 2. The van der Waals surface area contributed by atoms with E-state index >= 15 is 0 Å². The molecular weight excluding hydrogens is 825 g/mol. The molecule has 0 radical (unpaired) electrons. The van der Waals surface area contributed by atoms with E-state index in [-0.39, 0.29) is 60.8 Å². The van der Waals surface area contributed by atoms with Crippen LogP contribution in [-0.2, 0) is 49.5 Å². The summed E-state index contributed by atoms with van der Waals surface area (Å²) in [4.78, 5) is 98.7. The van der Waals surface area contributed by atoms with Gasteiger partial charge < -0.3 is 45.4 Å². The minimum absolute atomic E-state index is 0.00556. The number of nitrogens with one attached hydrogen (secondary N) is 3. The fraction of sp³-hybridized carbons (Fsp3) is 0.723. The smallest absolute Gasteiger partial charge is 0.326 e. The minimum Gasteiger partial charge on any atom is -0.481 e. The summed E-state index contributed by atoms with van der Waals surface area (Å²) in [6.45, 7) is 17.8. The highest BCUT2D eigenvalue weighted by atomic mass is 16.5. The van der Waals surface area contributed by atoms with Crippen LogP contribution >= 0.6 is 0 Å². The summed E-state index contributed by atoms with van der Waals surface area (Å²) in [5.41, 5.74) is 0.693. The number of hydrogen-bond donors (Lipinski definition) is 5. The predicted octanol–water partition coefficient (Wildman–Crippen LogP) is 3.57. The second-order valence-electron chi connectivity index (χ2n) is 18.4. The average Bonchev–Trinajstić information content (AvgIpc) is 3.73. The molecule has 1 aliphatic heterocycles. The van der Waals surface area contributed by atoms with Crippen LogP contribution in [-0.4, -0.2) is 156 Å². The summed E-state index contributed by atoms with van der Waals surface area (Å²) in [5.74, 6) is -5.95. The first-order chi connectivity index (χ1) is 30.0. The second-order valence-corrected chi connectivity index (χ2v) is 18.4. The van der Waals surface area contributed by atoms with Gasteiger partial charge in [0.15, 0.2) is 0 Å². The molecule has 1 aromatic carbocycles. The first kappa shape index (κ1) is 55.5. The maximum Gasteiger partial charge on any atom is 0.326 e. The highest BCUT2D eigenvalue weighted by Gasteiger charge is 2.44. The number of amides is 5. The van der Waals surface area contributed by atoms with Crippen molar-refractivity contribution in [2.45, 2.75) is 162 Å². The lowest BCUT2D eigenvalue weighted by atomic mass is 9.89. The molecule has 17 nitrogen and oxygen atoms in total. The Morgan fingerprint density at radius 3 is 1.92 bits per heavy atom. The fourth-order valence-corrected chi connectivity index (χ4v) is 8.72. The van der Waals surface area contributed by atoms with E-state index in [1.807, 2.05) is 67.3 Å². The third-order valence-electron chi connectivity index (χ3n) is 12.8. The Bertz CT molecular complexity index is 1690. The topological polar surface area (TPSA) is 224 Å². The Labute approximate surface area is 380 Å². The number of ether oxygens (including phenoxy) is 2. The Morgan fingerprint density at radius 1 is 0.812 bits per heavy atom. The maximum absolute atomic E-state index is 14.4. The van der Waals surface area contributed by atoms with Crippen LogP contribution in [0.25, 0.3) is 0 Å². The highest BCUT2D eigenvalue weighted by Crippen LogP contribution is 2.30. The fourth-order valence-electron chi connectivity index (χ4n) is 8.72. The minimum atomic E-state index is -1.49. The zero-order valence-electron chi connectivity index (χ0n) is 40.5. The number of hydrogen-bond acceptors (Lipinski definition) is 10. The van der Waals surface area contributed by atoms with Crippen molar-refractivity contribution in [3.8, 4) is 0 Å². The molecule has 1 heterocycles. The van der Waals surface area contributed by atoms with Crippen LogP contribution in [0.5, 0.6) is 0 Å². The molecule has 0 spiro atoms. The van der Waals surface area contributed by atoms with Gasteiger partial charge in [0.2, 0.25) is 29.5 Å². The van der Waals surface area contributed by atoms with E-state index in [1.54, 1.807) is 54.1 Å². The number of carbonyl (C=O) groups is 7. The summed E-state index contributed by atoms with van der Waals surface area (Å²) >= 11 is 0. The Balaban J connectivity index is 2.35. The van der Waals surface area contributed by atoms with Gasteiger partial charge in [-0.25, -0.2) is 4.79 Å². The number of carbonyl (C=O) groups excluding carboxylic acids is 5. The van der Waals surface area contributed by atoms with Crippen LogP contribution in [0.15, 0.2) is 30.3 Å². The summed E-state index contributed by atoms with van der Waals surface area (Å²) in [5, 5.41) is 27.1. The third-order valence-corrected chi connectivity index (χ3v) is 12.8. The number of aliphatic carboxylic acids is 2. The molecule has 0 saturated carbocycles.